The van der Waals surface area contributed by atoms with Crippen LogP contribution in [0.4, 0.5) is 0 Å². The van der Waals surface area contributed by atoms with E-state index in [1.807, 2.05) is 0 Å². The van der Waals surface area contributed by atoms with Gasteiger partial charge in [-0.2, -0.15) is 0 Å². The molecule has 0 spiro atoms. The van der Waals surface area contributed by atoms with Crippen LogP contribution >= 0.6 is 23.2 Å². The van der Waals surface area contributed by atoms with Crippen LogP contribution in [0.3, 0.4) is 0 Å². The molecule has 1 aromatic heterocycles. The molecule has 1 unspecified atom stereocenters. The number of ether oxygens (including phenoxy) is 1. The van der Waals surface area contributed by atoms with E-state index in [0.717, 1.165) is 51.1 Å². The highest BCUT2D eigenvalue weighted by Gasteiger charge is 2.22. The fourth-order valence-corrected chi connectivity index (χ4v) is 3.12. The van der Waals surface area contributed by atoms with Crippen LogP contribution in [0.5, 0.6) is 0 Å². The Balaban J connectivity index is 2.08. The number of rotatable bonds is 6. The molecule has 0 bridgehead atoms. The summed E-state index contributed by atoms with van der Waals surface area (Å²) in [4.78, 5) is 4.44. The third-order valence-corrected chi connectivity index (χ3v) is 4.23. The predicted molar refractivity (Wildman–Crippen MR) is 83.5 cm³/mol. The fraction of sp³-hybridized carbons (Fsp3) is 0.667. The van der Waals surface area contributed by atoms with E-state index in [1.54, 1.807) is 12.3 Å². The maximum Gasteiger partial charge on any atom is 0.0760 e. The van der Waals surface area contributed by atoms with E-state index < -0.39 is 0 Å². The van der Waals surface area contributed by atoms with Crippen LogP contribution in [0.25, 0.3) is 0 Å². The molecule has 1 aliphatic heterocycles. The minimum absolute atomic E-state index is 0.197. The van der Waals surface area contributed by atoms with Gasteiger partial charge in [0.25, 0.3) is 0 Å². The van der Waals surface area contributed by atoms with E-state index in [1.165, 1.54) is 0 Å². The Labute approximate surface area is 131 Å². The summed E-state index contributed by atoms with van der Waals surface area (Å²) in [7, 11) is 0. The number of pyridine rings is 1. The minimum atomic E-state index is 0.197. The van der Waals surface area contributed by atoms with Gasteiger partial charge in [-0.1, -0.05) is 30.1 Å². The topological polar surface area (TPSA) is 34.1 Å². The van der Waals surface area contributed by atoms with Crippen LogP contribution in [-0.4, -0.2) is 24.7 Å². The summed E-state index contributed by atoms with van der Waals surface area (Å²) >= 11 is 12.2. The first-order chi connectivity index (χ1) is 9.70. The van der Waals surface area contributed by atoms with Crippen molar-refractivity contribution < 1.29 is 4.74 Å². The highest BCUT2D eigenvalue weighted by atomic mass is 35.5. The highest BCUT2D eigenvalue weighted by molar-refractivity contribution is 6.34. The van der Waals surface area contributed by atoms with E-state index in [-0.39, 0.29) is 6.04 Å². The van der Waals surface area contributed by atoms with Crippen molar-refractivity contribution in [2.75, 3.05) is 19.8 Å². The molecule has 1 saturated heterocycles. The third-order valence-electron chi connectivity index (χ3n) is 3.72. The first-order valence-corrected chi connectivity index (χ1v) is 8.08. The maximum absolute atomic E-state index is 6.31. The zero-order valence-electron chi connectivity index (χ0n) is 11.9. The van der Waals surface area contributed by atoms with Crippen molar-refractivity contribution in [1.29, 1.82) is 0 Å². The van der Waals surface area contributed by atoms with Gasteiger partial charge >= 0.3 is 0 Å². The summed E-state index contributed by atoms with van der Waals surface area (Å²) < 4.78 is 5.43. The van der Waals surface area contributed by atoms with Crippen LogP contribution in [0, 0.1) is 5.92 Å². The van der Waals surface area contributed by atoms with E-state index >= 15 is 0 Å². The van der Waals surface area contributed by atoms with Gasteiger partial charge in [0.2, 0.25) is 0 Å². The average molecular weight is 317 g/mol. The molecule has 1 fully saturated rings. The molecule has 1 aliphatic rings. The molecule has 0 aromatic carbocycles. The number of aromatic nitrogens is 1. The average Bonchev–Trinajstić information content (AvgIpc) is 2.45. The van der Waals surface area contributed by atoms with Crippen LogP contribution in [0.2, 0.25) is 10.0 Å². The van der Waals surface area contributed by atoms with Gasteiger partial charge in [0.05, 0.1) is 21.8 Å². The Morgan fingerprint density at radius 3 is 2.80 bits per heavy atom. The molecular formula is C15H22Cl2N2O. The van der Waals surface area contributed by atoms with Gasteiger partial charge in [0, 0.05) is 19.4 Å². The molecule has 0 saturated carbocycles. The standard InChI is InChI=1S/C15H22Cl2N2O/c1-2-5-18-14(8-11-3-6-20-7-4-11)15-13(17)9-12(16)10-19-15/h9-11,14,18H,2-8H2,1H3. The largest absolute Gasteiger partial charge is 0.381 e. The molecule has 2 rings (SSSR count). The van der Waals surface area contributed by atoms with Crippen molar-refractivity contribution in [2.45, 2.75) is 38.6 Å². The van der Waals surface area contributed by atoms with Gasteiger partial charge < -0.3 is 10.1 Å². The molecule has 1 atom stereocenters. The lowest BCUT2D eigenvalue weighted by atomic mass is 9.91. The first-order valence-electron chi connectivity index (χ1n) is 7.32. The Hall–Kier alpha value is -0.350. The van der Waals surface area contributed by atoms with Gasteiger partial charge in [-0.15, -0.1) is 0 Å². The summed E-state index contributed by atoms with van der Waals surface area (Å²) in [6, 6.07) is 1.97. The van der Waals surface area contributed by atoms with Gasteiger partial charge in [0.15, 0.2) is 0 Å². The maximum atomic E-state index is 6.31. The SMILES string of the molecule is CCCNC(CC1CCOCC1)c1ncc(Cl)cc1Cl. The molecule has 0 amide bonds. The molecule has 5 heteroatoms. The van der Waals surface area contributed by atoms with Gasteiger partial charge in [0.1, 0.15) is 0 Å². The van der Waals surface area contributed by atoms with Crippen molar-refractivity contribution >= 4 is 23.2 Å². The molecular weight excluding hydrogens is 295 g/mol. The highest BCUT2D eigenvalue weighted by Crippen LogP contribution is 2.31. The summed E-state index contributed by atoms with van der Waals surface area (Å²) in [5.74, 6) is 0.673. The number of hydrogen-bond acceptors (Lipinski definition) is 3. The smallest absolute Gasteiger partial charge is 0.0760 e. The van der Waals surface area contributed by atoms with Gasteiger partial charge in [-0.25, -0.2) is 0 Å². The second-order valence-electron chi connectivity index (χ2n) is 5.32. The second-order valence-corrected chi connectivity index (χ2v) is 6.16. The molecule has 3 nitrogen and oxygen atoms in total. The Kier molecular flexibility index (Phi) is 6.56. The van der Waals surface area contributed by atoms with Crippen molar-refractivity contribution in [1.82, 2.24) is 10.3 Å². The second kappa shape index (κ2) is 8.18. The minimum Gasteiger partial charge on any atom is -0.381 e. The Morgan fingerprint density at radius 1 is 1.40 bits per heavy atom. The Morgan fingerprint density at radius 2 is 2.15 bits per heavy atom. The molecule has 112 valence electrons. The molecule has 0 aliphatic carbocycles. The molecule has 0 radical (unpaired) electrons. The van der Waals surface area contributed by atoms with E-state index in [2.05, 4.69) is 17.2 Å². The van der Waals surface area contributed by atoms with Crippen molar-refractivity contribution in [2.24, 2.45) is 5.92 Å². The summed E-state index contributed by atoms with van der Waals surface area (Å²) in [5.41, 5.74) is 0.913. The van der Waals surface area contributed by atoms with Crippen molar-refractivity contribution in [3.05, 3.63) is 28.0 Å². The number of nitrogens with one attached hydrogen (secondary N) is 1. The van der Waals surface area contributed by atoms with Crippen LogP contribution in [-0.2, 0) is 4.74 Å². The van der Waals surface area contributed by atoms with Crippen LogP contribution in [0.1, 0.15) is 44.3 Å². The van der Waals surface area contributed by atoms with Crippen molar-refractivity contribution in [3.63, 3.8) is 0 Å². The lowest BCUT2D eigenvalue weighted by Gasteiger charge is -2.27. The van der Waals surface area contributed by atoms with Crippen LogP contribution < -0.4 is 5.32 Å². The normalized spacial score (nSPS) is 18.1. The molecule has 1 N–H and O–H groups in total. The predicted octanol–water partition coefficient (Wildman–Crippen LogP) is 4.25. The molecule has 20 heavy (non-hydrogen) atoms. The number of halogens is 2. The number of hydrogen-bond donors (Lipinski definition) is 1. The quantitative estimate of drug-likeness (QED) is 0.852. The zero-order valence-corrected chi connectivity index (χ0v) is 13.4. The van der Waals surface area contributed by atoms with Gasteiger partial charge in [-0.05, 0) is 44.2 Å². The fourth-order valence-electron chi connectivity index (χ4n) is 2.61. The van der Waals surface area contributed by atoms with Gasteiger partial charge in [-0.3, -0.25) is 4.98 Å². The van der Waals surface area contributed by atoms with E-state index in [4.69, 9.17) is 27.9 Å². The first kappa shape index (κ1) is 16.0. The third kappa shape index (κ3) is 4.59. The molecule has 1 aromatic rings. The Bertz CT molecular complexity index is 422. The lowest BCUT2D eigenvalue weighted by molar-refractivity contribution is 0.0603. The zero-order chi connectivity index (χ0) is 14.4. The van der Waals surface area contributed by atoms with E-state index in [0.29, 0.717) is 16.0 Å². The van der Waals surface area contributed by atoms with Crippen LogP contribution in [0.15, 0.2) is 12.3 Å². The summed E-state index contributed by atoms with van der Waals surface area (Å²) in [5, 5.41) is 4.80. The lowest BCUT2D eigenvalue weighted by Crippen LogP contribution is -2.27. The monoisotopic (exact) mass is 316 g/mol. The number of nitrogens with zero attached hydrogens (tertiary/aromatic N) is 1. The summed E-state index contributed by atoms with van der Waals surface area (Å²) in [6.45, 7) is 4.86. The summed E-state index contributed by atoms with van der Waals surface area (Å²) in [6.07, 6.45) is 6.06. The van der Waals surface area contributed by atoms with Crippen molar-refractivity contribution in [3.8, 4) is 0 Å². The van der Waals surface area contributed by atoms with E-state index in [9.17, 15) is 0 Å². The molecule has 2 heterocycles.